The quantitative estimate of drug-likeness (QED) is 0.469. The molecule has 0 radical (unpaired) electrons. The van der Waals surface area contributed by atoms with E-state index in [2.05, 4.69) is 29.4 Å². The maximum Gasteiger partial charge on any atom is 0.203 e. The molecule has 0 saturated heterocycles. The Morgan fingerprint density at radius 3 is 2.86 bits per heavy atom. The fourth-order valence-corrected chi connectivity index (χ4v) is 2.49. The number of ether oxygens (including phenoxy) is 1. The van der Waals surface area contributed by atoms with E-state index in [4.69, 9.17) is 4.74 Å². The van der Waals surface area contributed by atoms with Crippen molar-refractivity contribution in [3.63, 3.8) is 0 Å². The van der Waals surface area contributed by atoms with Crippen molar-refractivity contribution >= 4 is 22.7 Å². The monoisotopic (exact) mass is 303 g/mol. The lowest BCUT2D eigenvalue weighted by molar-refractivity contribution is 0.309. The van der Waals surface area contributed by atoms with E-state index in [0.29, 0.717) is 0 Å². The van der Waals surface area contributed by atoms with Crippen molar-refractivity contribution in [3.05, 3.63) is 40.4 Å². The van der Waals surface area contributed by atoms with Crippen molar-refractivity contribution in [2.45, 2.75) is 33.6 Å². The number of benzene rings is 1. The van der Waals surface area contributed by atoms with Gasteiger partial charge in [0.1, 0.15) is 5.75 Å². The summed E-state index contributed by atoms with van der Waals surface area (Å²) in [6, 6.07) is 7.91. The zero-order chi connectivity index (χ0) is 15.1. The Morgan fingerprint density at radius 1 is 1.33 bits per heavy atom. The summed E-state index contributed by atoms with van der Waals surface area (Å²) < 4.78 is 5.77. The minimum absolute atomic E-state index is 0.736. The molecule has 0 amide bonds. The Balaban J connectivity index is 1.99. The van der Waals surface area contributed by atoms with Crippen molar-refractivity contribution in [2.75, 3.05) is 12.0 Å². The van der Waals surface area contributed by atoms with Gasteiger partial charge in [0.15, 0.2) is 0 Å². The summed E-state index contributed by atoms with van der Waals surface area (Å²) in [4.78, 5) is 5.59. The smallest absolute Gasteiger partial charge is 0.203 e. The van der Waals surface area contributed by atoms with E-state index < -0.39 is 0 Å². The normalized spacial score (nSPS) is 11.0. The molecule has 0 unspecified atom stereocenters. The van der Waals surface area contributed by atoms with Crippen LogP contribution in [0.2, 0.25) is 0 Å². The van der Waals surface area contributed by atoms with Gasteiger partial charge in [-0.1, -0.05) is 25.5 Å². The summed E-state index contributed by atoms with van der Waals surface area (Å²) in [5, 5.41) is 5.06. The topological polar surface area (TPSA) is 46.5 Å². The lowest BCUT2D eigenvalue weighted by Crippen LogP contribution is -2.00. The van der Waals surface area contributed by atoms with Gasteiger partial charge in [0.05, 0.1) is 18.5 Å². The molecule has 0 fully saturated rings. The molecule has 2 rings (SSSR count). The predicted molar refractivity (Wildman–Crippen MR) is 89.6 cm³/mol. The molecular formula is C16H21N3OS. The van der Waals surface area contributed by atoms with Crippen LogP contribution in [0.3, 0.4) is 0 Å². The Kier molecular flexibility index (Phi) is 5.75. The standard InChI is InChI=1S/C16H21N3OS/c1-4-5-10-20-15-9-7-6-8-14(15)11-17-19-16-18-12(2)13(3)21-16/h6-9,11H,4-5,10H2,1-3H3,(H,18,19)/b17-11+. The van der Waals surface area contributed by atoms with Crippen molar-refractivity contribution in [1.82, 2.24) is 4.98 Å². The van der Waals surface area contributed by atoms with E-state index in [0.717, 1.165) is 41.6 Å². The molecular weight excluding hydrogens is 282 g/mol. The highest BCUT2D eigenvalue weighted by molar-refractivity contribution is 7.15. The van der Waals surface area contributed by atoms with E-state index in [-0.39, 0.29) is 0 Å². The molecule has 5 heteroatoms. The number of anilines is 1. The molecule has 0 aliphatic rings. The zero-order valence-corrected chi connectivity index (χ0v) is 13.5. The van der Waals surface area contributed by atoms with Gasteiger partial charge in [-0.25, -0.2) is 4.98 Å². The van der Waals surface area contributed by atoms with Gasteiger partial charge in [-0.3, -0.25) is 5.43 Å². The summed E-state index contributed by atoms with van der Waals surface area (Å²) in [6.45, 7) is 6.94. The largest absolute Gasteiger partial charge is 0.493 e. The highest BCUT2D eigenvalue weighted by atomic mass is 32.1. The number of aryl methyl sites for hydroxylation is 2. The first-order chi connectivity index (χ1) is 10.2. The van der Waals surface area contributed by atoms with Gasteiger partial charge < -0.3 is 4.74 Å². The van der Waals surface area contributed by atoms with E-state index in [9.17, 15) is 0 Å². The first-order valence-corrected chi connectivity index (χ1v) is 7.97. The summed E-state index contributed by atoms with van der Waals surface area (Å²) in [7, 11) is 0. The van der Waals surface area contributed by atoms with E-state index in [1.807, 2.05) is 31.2 Å². The Morgan fingerprint density at radius 2 is 2.14 bits per heavy atom. The Labute approximate surface area is 129 Å². The van der Waals surface area contributed by atoms with E-state index in [1.165, 1.54) is 4.88 Å². The molecule has 0 saturated carbocycles. The number of hydrazone groups is 1. The SMILES string of the molecule is CCCCOc1ccccc1/C=N/Nc1nc(C)c(C)s1. The maximum absolute atomic E-state index is 5.77. The maximum atomic E-state index is 5.77. The van der Waals surface area contributed by atoms with Crippen LogP contribution in [0.1, 0.15) is 35.9 Å². The Hall–Kier alpha value is -1.88. The number of para-hydroxylation sites is 1. The van der Waals surface area contributed by atoms with Crippen LogP contribution in [0.4, 0.5) is 5.13 Å². The molecule has 0 bridgehead atoms. The van der Waals surface area contributed by atoms with Gasteiger partial charge in [-0.05, 0) is 32.4 Å². The third-order valence-corrected chi connectivity index (χ3v) is 4.04. The average molecular weight is 303 g/mol. The van der Waals surface area contributed by atoms with Gasteiger partial charge in [-0.2, -0.15) is 5.10 Å². The fraction of sp³-hybridized carbons (Fsp3) is 0.375. The van der Waals surface area contributed by atoms with Crippen LogP contribution in [0.5, 0.6) is 5.75 Å². The second-order valence-electron chi connectivity index (χ2n) is 4.77. The van der Waals surface area contributed by atoms with Crippen LogP contribution in [-0.2, 0) is 0 Å². The van der Waals surface area contributed by atoms with Gasteiger partial charge in [0.25, 0.3) is 0 Å². The van der Waals surface area contributed by atoms with Gasteiger partial charge >= 0.3 is 0 Å². The average Bonchev–Trinajstić information content (AvgIpc) is 2.79. The van der Waals surface area contributed by atoms with E-state index >= 15 is 0 Å². The molecule has 2 aromatic rings. The van der Waals surface area contributed by atoms with Gasteiger partial charge in [0.2, 0.25) is 5.13 Å². The number of nitrogens with one attached hydrogen (secondary N) is 1. The molecule has 0 atom stereocenters. The van der Waals surface area contributed by atoms with Crippen LogP contribution in [-0.4, -0.2) is 17.8 Å². The number of hydrogen-bond acceptors (Lipinski definition) is 5. The summed E-state index contributed by atoms with van der Waals surface area (Å²) in [5.41, 5.74) is 4.98. The van der Waals surface area contributed by atoms with Crippen molar-refractivity contribution in [2.24, 2.45) is 5.10 Å². The molecule has 0 spiro atoms. The first-order valence-electron chi connectivity index (χ1n) is 7.15. The molecule has 0 aliphatic carbocycles. The summed E-state index contributed by atoms with van der Waals surface area (Å²) in [6.07, 6.45) is 3.95. The highest BCUT2D eigenvalue weighted by Crippen LogP contribution is 2.21. The molecule has 1 aromatic carbocycles. The lowest BCUT2D eigenvalue weighted by atomic mass is 10.2. The summed E-state index contributed by atoms with van der Waals surface area (Å²) in [5.74, 6) is 0.864. The third-order valence-electron chi connectivity index (χ3n) is 3.07. The lowest BCUT2D eigenvalue weighted by Gasteiger charge is -2.07. The van der Waals surface area contributed by atoms with Crippen LogP contribution < -0.4 is 10.2 Å². The molecule has 112 valence electrons. The van der Waals surface area contributed by atoms with Gasteiger partial charge in [-0.15, -0.1) is 11.3 Å². The molecule has 1 aromatic heterocycles. The number of aromatic nitrogens is 1. The molecule has 1 N–H and O–H groups in total. The van der Waals surface area contributed by atoms with Crippen LogP contribution >= 0.6 is 11.3 Å². The molecule has 1 heterocycles. The zero-order valence-electron chi connectivity index (χ0n) is 12.7. The number of thiazole rings is 1. The fourth-order valence-electron chi connectivity index (χ4n) is 1.72. The number of rotatable bonds is 7. The highest BCUT2D eigenvalue weighted by Gasteiger charge is 2.02. The van der Waals surface area contributed by atoms with Crippen molar-refractivity contribution in [3.8, 4) is 5.75 Å². The second kappa shape index (κ2) is 7.78. The van der Waals surface area contributed by atoms with E-state index in [1.54, 1.807) is 17.6 Å². The second-order valence-corrected chi connectivity index (χ2v) is 5.97. The van der Waals surface area contributed by atoms with Crippen molar-refractivity contribution in [1.29, 1.82) is 0 Å². The van der Waals surface area contributed by atoms with Crippen LogP contribution in [0, 0.1) is 13.8 Å². The number of nitrogens with zero attached hydrogens (tertiary/aromatic N) is 2. The minimum atomic E-state index is 0.736. The van der Waals surface area contributed by atoms with Gasteiger partial charge in [0, 0.05) is 10.4 Å². The van der Waals surface area contributed by atoms with Crippen molar-refractivity contribution < 1.29 is 4.74 Å². The number of unbranched alkanes of at least 4 members (excludes halogenated alkanes) is 1. The number of hydrogen-bond donors (Lipinski definition) is 1. The summed E-state index contributed by atoms with van der Waals surface area (Å²) >= 11 is 1.60. The molecule has 0 aliphatic heterocycles. The predicted octanol–water partition coefficient (Wildman–Crippen LogP) is 4.38. The Bertz CT molecular complexity index is 588. The molecule has 21 heavy (non-hydrogen) atoms. The third kappa shape index (κ3) is 4.56. The van der Waals surface area contributed by atoms with Crippen LogP contribution in [0.15, 0.2) is 29.4 Å². The van der Waals surface area contributed by atoms with Crippen LogP contribution in [0.25, 0.3) is 0 Å². The molecule has 4 nitrogen and oxygen atoms in total. The minimum Gasteiger partial charge on any atom is -0.493 e. The first kappa shape index (κ1) is 15.5.